The predicted octanol–water partition coefficient (Wildman–Crippen LogP) is 1.94. The number of hydrogen-bond acceptors (Lipinski definition) is 1. The molecule has 0 rings (SSSR count). The predicted molar refractivity (Wildman–Crippen MR) is 42.3 cm³/mol. The Morgan fingerprint density at radius 1 is 1.67 bits per heavy atom. The monoisotopic (exact) mass is 127 g/mol. The summed E-state index contributed by atoms with van der Waals surface area (Å²) in [5.74, 6) is 0.654. The number of rotatable bonds is 4. The van der Waals surface area contributed by atoms with Crippen molar-refractivity contribution in [2.45, 2.75) is 26.7 Å². The minimum absolute atomic E-state index is 0.654. The molecular formula is C8H17N. The van der Waals surface area contributed by atoms with Crippen LogP contribution in [-0.2, 0) is 0 Å². The molecule has 0 saturated carbocycles. The summed E-state index contributed by atoms with van der Waals surface area (Å²) in [7, 11) is 0. The van der Waals surface area contributed by atoms with Gasteiger partial charge in [0, 0.05) is 0 Å². The molecule has 1 heteroatoms. The first-order chi connectivity index (χ1) is 4.16. The van der Waals surface area contributed by atoms with Gasteiger partial charge in [0.05, 0.1) is 0 Å². The topological polar surface area (TPSA) is 26.0 Å². The van der Waals surface area contributed by atoms with Gasteiger partial charge in [-0.25, -0.2) is 0 Å². The van der Waals surface area contributed by atoms with Gasteiger partial charge in [-0.05, 0) is 32.2 Å². The Bertz CT molecular complexity index is 86.6. The van der Waals surface area contributed by atoms with Crippen LogP contribution in [-0.4, -0.2) is 6.54 Å². The van der Waals surface area contributed by atoms with E-state index in [1.165, 1.54) is 12.0 Å². The van der Waals surface area contributed by atoms with Gasteiger partial charge < -0.3 is 5.73 Å². The highest BCUT2D eigenvalue weighted by molar-refractivity contribution is 4.87. The smallest absolute Gasteiger partial charge is 0.00514 e. The Morgan fingerprint density at radius 3 is 2.56 bits per heavy atom. The molecule has 1 nitrogen and oxygen atoms in total. The maximum Gasteiger partial charge on any atom is -0.00514 e. The highest BCUT2D eigenvalue weighted by Crippen LogP contribution is 2.07. The van der Waals surface area contributed by atoms with Crippen molar-refractivity contribution in [2.75, 3.05) is 6.54 Å². The summed E-state index contributed by atoms with van der Waals surface area (Å²) in [6, 6.07) is 0. The fourth-order valence-corrected chi connectivity index (χ4v) is 0.611. The molecule has 54 valence electrons. The van der Waals surface area contributed by atoms with Gasteiger partial charge in [0.1, 0.15) is 0 Å². The number of nitrogens with two attached hydrogens (primary N) is 1. The molecule has 0 fully saturated rings. The van der Waals surface area contributed by atoms with Crippen LogP contribution in [0.2, 0.25) is 0 Å². The lowest BCUT2D eigenvalue weighted by Crippen LogP contribution is -2.10. The normalized spacial score (nSPS) is 13.2. The molecule has 0 aliphatic carbocycles. The van der Waals surface area contributed by atoms with Crippen LogP contribution >= 0.6 is 0 Å². The van der Waals surface area contributed by atoms with E-state index >= 15 is 0 Å². The zero-order valence-electron chi connectivity index (χ0n) is 6.48. The van der Waals surface area contributed by atoms with Gasteiger partial charge >= 0.3 is 0 Å². The van der Waals surface area contributed by atoms with Crippen molar-refractivity contribution in [2.24, 2.45) is 11.7 Å². The molecule has 0 spiro atoms. The second-order valence-corrected chi connectivity index (χ2v) is 2.84. The van der Waals surface area contributed by atoms with Crippen molar-refractivity contribution < 1.29 is 0 Å². The van der Waals surface area contributed by atoms with Gasteiger partial charge in [0.2, 0.25) is 0 Å². The molecule has 0 heterocycles. The molecule has 0 aliphatic heterocycles. The third kappa shape index (κ3) is 5.57. The van der Waals surface area contributed by atoms with Crippen molar-refractivity contribution in [3.8, 4) is 0 Å². The van der Waals surface area contributed by atoms with E-state index < -0.39 is 0 Å². The van der Waals surface area contributed by atoms with Gasteiger partial charge in [0.15, 0.2) is 0 Å². The zero-order chi connectivity index (χ0) is 7.28. The van der Waals surface area contributed by atoms with Crippen LogP contribution in [0.4, 0.5) is 0 Å². The molecule has 2 N–H and O–H groups in total. The van der Waals surface area contributed by atoms with E-state index in [0.29, 0.717) is 5.92 Å². The summed E-state index contributed by atoms with van der Waals surface area (Å²) in [4.78, 5) is 0. The molecule has 0 aromatic rings. The SMILES string of the molecule is C=C(C)CCC(C)CN. The molecular weight excluding hydrogens is 110 g/mol. The van der Waals surface area contributed by atoms with E-state index in [1.807, 2.05) is 0 Å². The molecule has 1 atom stereocenters. The van der Waals surface area contributed by atoms with Crippen LogP contribution in [0.1, 0.15) is 26.7 Å². The first-order valence-corrected chi connectivity index (χ1v) is 3.51. The summed E-state index contributed by atoms with van der Waals surface area (Å²) in [5.41, 5.74) is 6.69. The van der Waals surface area contributed by atoms with Crippen LogP contribution in [0.15, 0.2) is 12.2 Å². The van der Waals surface area contributed by atoms with Crippen molar-refractivity contribution in [3.05, 3.63) is 12.2 Å². The second kappa shape index (κ2) is 4.57. The average Bonchev–Trinajstić information content (AvgIpc) is 1.83. The van der Waals surface area contributed by atoms with E-state index in [4.69, 9.17) is 5.73 Å². The lowest BCUT2D eigenvalue weighted by atomic mass is 10.0. The van der Waals surface area contributed by atoms with Crippen LogP contribution in [0.25, 0.3) is 0 Å². The van der Waals surface area contributed by atoms with Crippen molar-refractivity contribution in [1.82, 2.24) is 0 Å². The molecule has 0 aliphatic rings. The van der Waals surface area contributed by atoms with Gasteiger partial charge in [-0.15, -0.1) is 6.58 Å². The Hall–Kier alpha value is -0.300. The summed E-state index contributed by atoms with van der Waals surface area (Å²) in [6.07, 6.45) is 2.31. The van der Waals surface area contributed by atoms with E-state index in [0.717, 1.165) is 13.0 Å². The summed E-state index contributed by atoms with van der Waals surface area (Å²) in [6.45, 7) is 8.85. The maximum atomic E-state index is 5.43. The van der Waals surface area contributed by atoms with Gasteiger partial charge in [-0.3, -0.25) is 0 Å². The molecule has 0 radical (unpaired) electrons. The molecule has 0 aromatic heterocycles. The molecule has 0 saturated heterocycles. The summed E-state index contributed by atoms with van der Waals surface area (Å²) >= 11 is 0. The Morgan fingerprint density at radius 2 is 2.22 bits per heavy atom. The summed E-state index contributed by atoms with van der Waals surface area (Å²) < 4.78 is 0. The lowest BCUT2D eigenvalue weighted by Gasteiger charge is -2.06. The Labute approximate surface area is 57.9 Å². The quantitative estimate of drug-likeness (QED) is 0.574. The van der Waals surface area contributed by atoms with E-state index in [2.05, 4.69) is 20.4 Å². The van der Waals surface area contributed by atoms with Crippen LogP contribution < -0.4 is 5.73 Å². The lowest BCUT2D eigenvalue weighted by molar-refractivity contribution is 0.543. The number of allylic oxidation sites excluding steroid dienone is 1. The Kier molecular flexibility index (Phi) is 4.41. The first-order valence-electron chi connectivity index (χ1n) is 3.51. The van der Waals surface area contributed by atoms with E-state index in [-0.39, 0.29) is 0 Å². The minimum atomic E-state index is 0.654. The molecule has 1 unspecified atom stereocenters. The molecule has 0 amide bonds. The fourth-order valence-electron chi connectivity index (χ4n) is 0.611. The average molecular weight is 127 g/mol. The van der Waals surface area contributed by atoms with Crippen LogP contribution in [0.3, 0.4) is 0 Å². The molecule has 0 aromatic carbocycles. The molecule has 0 bridgehead atoms. The molecule has 9 heavy (non-hydrogen) atoms. The highest BCUT2D eigenvalue weighted by Gasteiger charge is 1.96. The Balaban J connectivity index is 3.16. The van der Waals surface area contributed by atoms with Crippen molar-refractivity contribution in [1.29, 1.82) is 0 Å². The number of hydrogen-bond donors (Lipinski definition) is 1. The van der Waals surface area contributed by atoms with E-state index in [1.54, 1.807) is 0 Å². The van der Waals surface area contributed by atoms with Crippen LogP contribution in [0.5, 0.6) is 0 Å². The fraction of sp³-hybridized carbons (Fsp3) is 0.750. The summed E-state index contributed by atoms with van der Waals surface area (Å²) in [5, 5.41) is 0. The van der Waals surface area contributed by atoms with Gasteiger partial charge in [-0.2, -0.15) is 0 Å². The van der Waals surface area contributed by atoms with Gasteiger partial charge in [0.25, 0.3) is 0 Å². The van der Waals surface area contributed by atoms with Crippen molar-refractivity contribution in [3.63, 3.8) is 0 Å². The third-order valence-electron chi connectivity index (χ3n) is 1.47. The third-order valence-corrected chi connectivity index (χ3v) is 1.47. The van der Waals surface area contributed by atoms with Gasteiger partial charge in [-0.1, -0.05) is 12.5 Å². The van der Waals surface area contributed by atoms with Crippen molar-refractivity contribution >= 4 is 0 Å². The largest absolute Gasteiger partial charge is 0.330 e. The first kappa shape index (κ1) is 8.70. The van der Waals surface area contributed by atoms with E-state index in [9.17, 15) is 0 Å². The zero-order valence-corrected chi connectivity index (χ0v) is 6.48. The van der Waals surface area contributed by atoms with Crippen LogP contribution in [0, 0.1) is 5.92 Å². The maximum absolute atomic E-state index is 5.43. The minimum Gasteiger partial charge on any atom is -0.330 e. The highest BCUT2D eigenvalue weighted by atomic mass is 14.5. The second-order valence-electron chi connectivity index (χ2n) is 2.84. The standard InChI is InChI=1S/C8H17N/c1-7(2)4-5-8(3)6-9/h8H,1,4-6,9H2,2-3H3.